The van der Waals surface area contributed by atoms with Gasteiger partial charge in [0.2, 0.25) is 5.82 Å². The van der Waals surface area contributed by atoms with E-state index in [9.17, 15) is 0 Å². The maximum Gasteiger partial charge on any atom is 0.252 e. The van der Waals surface area contributed by atoms with Gasteiger partial charge in [-0.1, -0.05) is 16.8 Å². The van der Waals surface area contributed by atoms with Crippen LogP contribution in [0, 0.1) is 0 Å². The van der Waals surface area contributed by atoms with Crippen LogP contribution in [0.2, 0.25) is 5.02 Å². The number of methoxy groups -OCH3 is 1. The van der Waals surface area contributed by atoms with Crippen molar-refractivity contribution in [2.24, 2.45) is 0 Å². The van der Waals surface area contributed by atoms with Gasteiger partial charge in [-0.25, -0.2) is 0 Å². The molecule has 1 N–H and O–H groups in total. The lowest BCUT2D eigenvalue weighted by Crippen LogP contribution is -1.87. The quantitative estimate of drug-likeness (QED) is 0.887. The second kappa shape index (κ2) is 4.51. The Bertz CT molecular complexity index is 499. The molecule has 0 fully saturated rings. The fourth-order valence-corrected chi connectivity index (χ4v) is 1.49. The summed E-state index contributed by atoms with van der Waals surface area (Å²) in [6.07, 6.45) is 0. The van der Waals surface area contributed by atoms with Gasteiger partial charge in [0.1, 0.15) is 12.4 Å². The van der Waals surface area contributed by atoms with Crippen molar-refractivity contribution < 1.29 is 14.4 Å². The summed E-state index contributed by atoms with van der Waals surface area (Å²) in [5.74, 6) is 1.15. The van der Waals surface area contributed by atoms with E-state index in [0.717, 1.165) is 0 Å². The highest BCUT2D eigenvalue weighted by Gasteiger charge is 2.11. The molecule has 0 aliphatic heterocycles. The van der Waals surface area contributed by atoms with Gasteiger partial charge in [-0.15, -0.1) is 0 Å². The zero-order valence-corrected chi connectivity index (χ0v) is 9.23. The summed E-state index contributed by atoms with van der Waals surface area (Å²) in [5, 5.41) is 13.0. The lowest BCUT2D eigenvalue weighted by atomic mass is 10.2. The Morgan fingerprint density at radius 2 is 2.31 bits per heavy atom. The molecule has 1 heterocycles. The lowest BCUT2D eigenvalue weighted by molar-refractivity contribution is 0.222. The van der Waals surface area contributed by atoms with Gasteiger partial charge in [-0.3, -0.25) is 0 Å². The van der Waals surface area contributed by atoms with Crippen molar-refractivity contribution in [3.63, 3.8) is 0 Å². The average Bonchev–Trinajstić information content (AvgIpc) is 2.77. The van der Waals surface area contributed by atoms with Gasteiger partial charge in [0.15, 0.2) is 0 Å². The summed E-state index contributed by atoms with van der Waals surface area (Å²) < 4.78 is 9.80. The van der Waals surface area contributed by atoms with Crippen molar-refractivity contribution in [3.05, 3.63) is 29.1 Å². The first kappa shape index (κ1) is 10.9. The van der Waals surface area contributed by atoms with Crippen molar-refractivity contribution in [3.8, 4) is 17.1 Å². The van der Waals surface area contributed by atoms with E-state index >= 15 is 0 Å². The largest absolute Gasteiger partial charge is 0.497 e. The van der Waals surface area contributed by atoms with Crippen molar-refractivity contribution in [2.45, 2.75) is 6.61 Å². The normalized spacial score (nSPS) is 10.4. The van der Waals surface area contributed by atoms with Crippen LogP contribution in [0.1, 0.15) is 5.89 Å². The molecule has 2 aromatic rings. The van der Waals surface area contributed by atoms with Gasteiger partial charge < -0.3 is 14.4 Å². The molecule has 6 heteroatoms. The smallest absolute Gasteiger partial charge is 0.252 e. The number of hydrogen-bond acceptors (Lipinski definition) is 5. The predicted molar refractivity (Wildman–Crippen MR) is 57.2 cm³/mol. The molecule has 0 atom stereocenters. The van der Waals surface area contributed by atoms with E-state index in [4.69, 9.17) is 26.0 Å². The summed E-state index contributed by atoms with van der Waals surface area (Å²) in [6.45, 7) is -0.291. The molecule has 0 saturated heterocycles. The minimum atomic E-state index is -0.291. The highest BCUT2D eigenvalue weighted by atomic mass is 35.5. The van der Waals surface area contributed by atoms with Crippen LogP contribution in [-0.2, 0) is 6.61 Å². The number of hydrogen-bond donors (Lipinski definition) is 1. The molecule has 0 amide bonds. The van der Waals surface area contributed by atoms with E-state index in [1.807, 2.05) is 0 Å². The van der Waals surface area contributed by atoms with E-state index in [2.05, 4.69) is 10.1 Å². The van der Waals surface area contributed by atoms with Crippen LogP contribution >= 0.6 is 11.6 Å². The molecule has 5 nitrogen and oxygen atoms in total. The molecule has 2 rings (SSSR count). The average molecular weight is 241 g/mol. The fraction of sp³-hybridized carbons (Fsp3) is 0.200. The second-order valence-electron chi connectivity index (χ2n) is 3.02. The van der Waals surface area contributed by atoms with Gasteiger partial charge in [-0.05, 0) is 18.2 Å². The zero-order chi connectivity index (χ0) is 11.5. The third-order valence-corrected chi connectivity index (χ3v) is 2.33. The molecule has 1 aromatic heterocycles. The van der Waals surface area contributed by atoms with Crippen LogP contribution in [0.25, 0.3) is 11.4 Å². The Morgan fingerprint density at radius 3 is 2.88 bits per heavy atom. The van der Waals surface area contributed by atoms with Crippen molar-refractivity contribution in [2.75, 3.05) is 7.11 Å². The monoisotopic (exact) mass is 240 g/mol. The Morgan fingerprint density at radius 1 is 1.50 bits per heavy atom. The molecule has 0 spiro atoms. The minimum absolute atomic E-state index is 0.155. The number of ether oxygens (including phenoxy) is 1. The number of rotatable bonds is 3. The molecule has 0 saturated carbocycles. The van der Waals surface area contributed by atoms with Gasteiger partial charge in [-0.2, -0.15) is 4.98 Å². The topological polar surface area (TPSA) is 68.4 Å². The number of benzene rings is 1. The van der Waals surface area contributed by atoms with Crippen molar-refractivity contribution in [1.82, 2.24) is 10.1 Å². The molecule has 0 radical (unpaired) electrons. The molecule has 0 unspecified atom stereocenters. The molecule has 0 bridgehead atoms. The van der Waals surface area contributed by atoms with E-state index in [0.29, 0.717) is 22.2 Å². The number of aliphatic hydroxyl groups is 1. The Kier molecular flexibility index (Phi) is 3.07. The lowest BCUT2D eigenvalue weighted by Gasteiger charge is -2.02. The predicted octanol–water partition coefficient (Wildman–Crippen LogP) is 1.89. The molecule has 1 aromatic carbocycles. The maximum atomic E-state index is 8.80. The van der Waals surface area contributed by atoms with Crippen LogP contribution in [-0.4, -0.2) is 22.4 Å². The fourth-order valence-electron chi connectivity index (χ4n) is 1.23. The summed E-state index contributed by atoms with van der Waals surface area (Å²) in [7, 11) is 1.56. The van der Waals surface area contributed by atoms with E-state index in [1.54, 1.807) is 25.3 Å². The minimum Gasteiger partial charge on any atom is -0.497 e. The first-order valence-electron chi connectivity index (χ1n) is 4.52. The Labute approximate surface area is 96.6 Å². The summed E-state index contributed by atoms with van der Waals surface area (Å²) in [5.41, 5.74) is 0.630. The van der Waals surface area contributed by atoms with Gasteiger partial charge in [0.05, 0.1) is 12.1 Å². The Balaban J connectivity index is 2.40. The first-order chi connectivity index (χ1) is 7.74. The van der Waals surface area contributed by atoms with Crippen LogP contribution in [0.4, 0.5) is 0 Å². The zero-order valence-electron chi connectivity index (χ0n) is 8.48. The first-order valence-corrected chi connectivity index (χ1v) is 4.89. The maximum absolute atomic E-state index is 8.80. The van der Waals surface area contributed by atoms with Crippen LogP contribution < -0.4 is 4.74 Å². The van der Waals surface area contributed by atoms with Gasteiger partial charge >= 0.3 is 0 Å². The standard InChI is InChI=1S/C10H9ClN2O3/c1-15-6-2-3-7(8(11)4-6)10-12-9(5-14)16-13-10/h2-4,14H,5H2,1H3. The molecule has 0 aliphatic carbocycles. The number of aromatic nitrogens is 2. The summed E-state index contributed by atoms with van der Waals surface area (Å²) >= 11 is 6.03. The van der Waals surface area contributed by atoms with Crippen LogP contribution in [0.15, 0.2) is 22.7 Å². The molecular weight excluding hydrogens is 232 g/mol. The third-order valence-electron chi connectivity index (χ3n) is 2.02. The summed E-state index contributed by atoms with van der Waals surface area (Å²) in [4.78, 5) is 3.96. The highest BCUT2D eigenvalue weighted by Crippen LogP contribution is 2.29. The van der Waals surface area contributed by atoms with Gasteiger partial charge in [0.25, 0.3) is 5.89 Å². The third kappa shape index (κ3) is 2.00. The molecule has 84 valence electrons. The van der Waals surface area contributed by atoms with E-state index in [-0.39, 0.29) is 12.5 Å². The van der Waals surface area contributed by atoms with E-state index in [1.165, 1.54) is 0 Å². The highest BCUT2D eigenvalue weighted by molar-refractivity contribution is 6.33. The van der Waals surface area contributed by atoms with Crippen molar-refractivity contribution >= 4 is 11.6 Å². The van der Waals surface area contributed by atoms with E-state index < -0.39 is 0 Å². The SMILES string of the molecule is COc1ccc(-c2noc(CO)n2)c(Cl)c1. The number of aliphatic hydroxyl groups excluding tert-OH is 1. The molecule has 0 aliphatic rings. The Hall–Kier alpha value is -1.59. The van der Waals surface area contributed by atoms with Crippen molar-refractivity contribution in [1.29, 1.82) is 0 Å². The van der Waals surface area contributed by atoms with Gasteiger partial charge in [0, 0.05) is 5.56 Å². The van der Waals surface area contributed by atoms with Crippen LogP contribution in [0.3, 0.4) is 0 Å². The summed E-state index contributed by atoms with van der Waals surface area (Å²) in [6, 6.07) is 5.13. The number of halogens is 1. The second-order valence-corrected chi connectivity index (χ2v) is 3.42. The van der Waals surface area contributed by atoms with Crippen LogP contribution in [0.5, 0.6) is 5.75 Å². The molecule has 16 heavy (non-hydrogen) atoms. The number of nitrogens with zero attached hydrogens (tertiary/aromatic N) is 2. The molecular formula is C10H9ClN2O3.